The van der Waals surface area contributed by atoms with E-state index < -0.39 is 23.4 Å². The number of hydrogen-bond donors (Lipinski definition) is 2. The molecule has 1 fully saturated rings. The first-order valence-electron chi connectivity index (χ1n) is 8.75. The number of nitrogens with one attached hydrogen (secondary N) is 2. The molecule has 11 heteroatoms. The van der Waals surface area contributed by atoms with Gasteiger partial charge >= 0.3 is 12.1 Å². The van der Waals surface area contributed by atoms with E-state index in [4.69, 9.17) is 0 Å². The summed E-state index contributed by atoms with van der Waals surface area (Å²) in [5.41, 5.74) is -1.30. The molecule has 0 radical (unpaired) electrons. The van der Waals surface area contributed by atoms with Gasteiger partial charge in [-0.2, -0.15) is 18.3 Å². The first-order chi connectivity index (χ1) is 13.3. The third-order valence-electron chi connectivity index (χ3n) is 4.34. The van der Waals surface area contributed by atoms with E-state index >= 15 is 0 Å². The summed E-state index contributed by atoms with van der Waals surface area (Å²) in [7, 11) is 0. The van der Waals surface area contributed by atoms with E-state index in [9.17, 15) is 22.8 Å². The van der Waals surface area contributed by atoms with Crippen LogP contribution in [-0.2, 0) is 15.7 Å². The largest absolute Gasteiger partial charge is 0.462 e. The van der Waals surface area contributed by atoms with Crippen LogP contribution in [0.2, 0.25) is 0 Å². The van der Waals surface area contributed by atoms with Gasteiger partial charge in [0, 0.05) is 12.2 Å². The van der Waals surface area contributed by atoms with Crippen molar-refractivity contribution in [3.8, 4) is 5.69 Å². The lowest BCUT2D eigenvalue weighted by Crippen LogP contribution is -2.24. The summed E-state index contributed by atoms with van der Waals surface area (Å²) >= 11 is 0. The zero-order valence-corrected chi connectivity index (χ0v) is 16.3. The third-order valence-corrected chi connectivity index (χ3v) is 4.34. The Hall–Kier alpha value is -2.59. The lowest BCUT2D eigenvalue weighted by molar-refractivity contribution is -0.143. The molecule has 158 valence electrons. The number of hydrogen-bond acceptors (Lipinski definition) is 5. The number of halogens is 4. The summed E-state index contributed by atoms with van der Waals surface area (Å²) in [6.07, 6.45) is -3.23. The fraction of sp³-hybridized carbons (Fsp3) is 0.389. The van der Waals surface area contributed by atoms with Gasteiger partial charge in [-0.1, -0.05) is 0 Å². The van der Waals surface area contributed by atoms with E-state index in [1.165, 1.54) is 31.2 Å². The molecule has 0 bridgehead atoms. The summed E-state index contributed by atoms with van der Waals surface area (Å²) in [5, 5.41) is 9.55. The van der Waals surface area contributed by atoms with Crippen molar-refractivity contribution in [2.75, 3.05) is 25.0 Å². The maximum atomic E-state index is 13.5. The second kappa shape index (κ2) is 9.27. The predicted octanol–water partition coefficient (Wildman–Crippen LogP) is 3.04. The van der Waals surface area contributed by atoms with Gasteiger partial charge in [-0.15, -0.1) is 12.4 Å². The van der Waals surface area contributed by atoms with E-state index in [1.807, 2.05) is 0 Å². The van der Waals surface area contributed by atoms with Crippen LogP contribution in [0.1, 0.15) is 29.4 Å². The lowest BCUT2D eigenvalue weighted by Gasteiger charge is -2.13. The van der Waals surface area contributed by atoms with Crippen molar-refractivity contribution in [2.45, 2.75) is 19.5 Å². The fourth-order valence-corrected chi connectivity index (χ4v) is 2.98. The third kappa shape index (κ3) is 5.07. The Balaban J connectivity index is 0.00000300. The molecule has 1 atom stereocenters. The molecule has 1 aromatic carbocycles. The molecule has 2 aromatic rings. The molecule has 1 unspecified atom stereocenters. The number of benzene rings is 1. The van der Waals surface area contributed by atoms with E-state index in [1.54, 1.807) is 0 Å². The SMILES string of the molecule is CCOC(=O)c1cnn(-c2ccc(NC(=O)C3CCNC3)cc2)c1C(F)(F)F.Cl. The number of esters is 1. The summed E-state index contributed by atoms with van der Waals surface area (Å²) in [5.74, 6) is -1.36. The second-order valence-electron chi connectivity index (χ2n) is 6.26. The predicted molar refractivity (Wildman–Crippen MR) is 101 cm³/mol. The number of nitrogens with zero attached hydrogens (tertiary/aromatic N) is 2. The molecule has 1 aliphatic rings. The van der Waals surface area contributed by atoms with Crippen molar-refractivity contribution >= 4 is 30.0 Å². The van der Waals surface area contributed by atoms with Gasteiger partial charge in [0.1, 0.15) is 5.56 Å². The lowest BCUT2D eigenvalue weighted by atomic mass is 10.1. The van der Waals surface area contributed by atoms with Gasteiger partial charge in [0.05, 0.1) is 24.4 Å². The standard InChI is InChI=1S/C18H19F3N4O3.ClH/c1-2-28-17(27)14-10-23-25(15(14)18(19,20)21)13-5-3-12(4-6-13)24-16(26)11-7-8-22-9-11;/h3-6,10-11,22H,2,7-9H2,1H3,(H,24,26);1H. The number of carbonyl (C=O) groups is 2. The second-order valence-corrected chi connectivity index (χ2v) is 6.26. The highest BCUT2D eigenvalue weighted by Gasteiger charge is 2.41. The highest BCUT2D eigenvalue weighted by atomic mass is 35.5. The maximum absolute atomic E-state index is 13.5. The monoisotopic (exact) mass is 432 g/mol. The fourth-order valence-electron chi connectivity index (χ4n) is 2.98. The Morgan fingerprint density at radius 2 is 2.00 bits per heavy atom. The summed E-state index contributed by atoms with van der Waals surface area (Å²) in [6.45, 7) is 2.83. The average Bonchev–Trinajstić information content (AvgIpc) is 3.32. The molecule has 1 amide bonds. The molecular weight excluding hydrogens is 413 g/mol. The summed E-state index contributed by atoms with van der Waals surface area (Å²) in [6, 6.07) is 5.75. The Kier molecular flexibility index (Phi) is 7.26. The van der Waals surface area contributed by atoms with Crippen LogP contribution in [0.25, 0.3) is 5.69 Å². The van der Waals surface area contributed by atoms with Crippen molar-refractivity contribution in [3.05, 3.63) is 41.7 Å². The molecule has 0 spiro atoms. The number of ether oxygens (including phenoxy) is 1. The van der Waals surface area contributed by atoms with Crippen LogP contribution in [0.4, 0.5) is 18.9 Å². The Morgan fingerprint density at radius 1 is 1.31 bits per heavy atom. The van der Waals surface area contributed by atoms with Crippen molar-refractivity contribution < 1.29 is 27.5 Å². The minimum atomic E-state index is -4.80. The topological polar surface area (TPSA) is 85.2 Å². The first kappa shape index (κ1) is 22.7. The Morgan fingerprint density at radius 3 is 2.55 bits per heavy atom. The van der Waals surface area contributed by atoms with Crippen LogP contribution in [0.15, 0.2) is 30.5 Å². The summed E-state index contributed by atoms with van der Waals surface area (Å²) < 4.78 is 45.9. The molecule has 2 N–H and O–H groups in total. The molecule has 29 heavy (non-hydrogen) atoms. The van der Waals surface area contributed by atoms with Crippen molar-refractivity contribution in [1.29, 1.82) is 0 Å². The molecule has 0 saturated carbocycles. The minimum absolute atomic E-state index is 0. The molecule has 1 aliphatic heterocycles. The van der Waals surface area contributed by atoms with Crippen LogP contribution < -0.4 is 10.6 Å². The van der Waals surface area contributed by atoms with Crippen molar-refractivity contribution in [2.24, 2.45) is 5.92 Å². The normalized spacial score (nSPS) is 16.2. The molecule has 1 saturated heterocycles. The quantitative estimate of drug-likeness (QED) is 0.709. The van der Waals surface area contributed by atoms with E-state index in [0.29, 0.717) is 16.9 Å². The van der Waals surface area contributed by atoms with Gasteiger partial charge in [0.2, 0.25) is 5.91 Å². The van der Waals surface area contributed by atoms with Crippen LogP contribution in [0, 0.1) is 5.92 Å². The number of amides is 1. The molecule has 7 nitrogen and oxygen atoms in total. The van der Waals surface area contributed by atoms with Crippen LogP contribution in [-0.4, -0.2) is 41.4 Å². The Bertz CT molecular complexity index is 862. The van der Waals surface area contributed by atoms with Gasteiger partial charge in [-0.05, 0) is 44.2 Å². The number of carbonyl (C=O) groups excluding carboxylic acids is 2. The molecular formula is C18H20ClF3N4O3. The molecule has 2 heterocycles. The Labute approximate surface area is 171 Å². The number of aromatic nitrogens is 2. The van der Waals surface area contributed by atoms with Gasteiger partial charge in [0.15, 0.2) is 5.69 Å². The highest BCUT2D eigenvalue weighted by molar-refractivity contribution is 5.93. The number of anilines is 1. The highest BCUT2D eigenvalue weighted by Crippen LogP contribution is 2.34. The number of rotatable bonds is 5. The van der Waals surface area contributed by atoms with E-state index in [0.717, 1.165) is 19.2 Å². The van der Waals surface area contributed by atoms with Crippen LogP contribution in [0.5, 0.6) is 0 Å². The average molecular weight is 433 g/mol. The van der Waals surface area contributed by atoms with Crippen molar-refractivity contribution in [3.63, 3.8) is 0 Å². The van der Waals surface area contributed by atoms with Gasteiger partial charge in [0.25, 0.3) is 0 Å². The van der Waals surface area contributed by atoms with Crippen LogP contribution in [0.3, 0.4) is 0 Å². The molecule has 1 aromatic heterocycles. The zero-order valence-electron chi connectivity index (χ0n) is 15.5. The molecule has 3 rings (SSSR count). The van der Waals surface area contributed by atoms with E-state index in [-0.39, 0.29) is 36.5 Å². The van der Waals surface area contributed by atoms with Gasteiger partial charge in [-0.3, -0.25) is 4.79 Å². The smallest absolute Gasteiger partial charge is 0.434 e. The molecule has 0 aliphatic carbocycles. The van der Waals surface area contributed by atoms with Gasteiger partial charge < -0.3 is 15.4 Å². The maximum Gasteiger partial charge on any atom is 0.434 e. The van der Waals surface area contributed by atoms with Crippen molar-refractivity contribution in [1.82, 2.24) is 15.1 Å². The van der Waals surface area contributed by atoms with E-state index in [2.05, 4.69) is 20.5 Å². The van der Waals surface area contributed by atoms with Crippen LogP contribution >= 0.6 is 12.4 Å². The first-order valence-corrected chi connectivity index (χ1v) is 8.75. The summed E-state index contributed by atoms with van der Waals surface area (Å²) in [4.78, 5) is 24.0. The zero-order chi connectivity index (χ0) is 20.3. The number of alkyl halides is 3. The van der Waals surface area contributed by atoms with Gasteiger partial charge in [-0.25, -0.2) is 9.48 Å². The minimum Gasteiger partial charge on any atom is -0.462 e.